The maximum atomic E-state index is 13.2. The lowest BCUT2D eigenvalue weighted by Gasteiger charge is -2.31. The minimum Gasteiger partial charge on any atom is -0.506 e. The molecule has 6 aromatic rings. The van der Waals surface area contributed by atoms with Crippen molar-refractivity contribution in [2.45, 2.75) is 83.1 Å². The summed E-state index contributed by atoms with van der Waals surface area (Å²) in [7, 11) is 1.76. The Bertz CT molecular complexity index is 3070. The Balaban J connectivity index is 0.000000725. The Morgan fingerprint density at radius 2 is 1.42 bits per heavy atom. The van der Waals surface area contributed by atoms with Gasteiger partial charge in [-0.15, -0.1) is 0 Å². The maximum Gasteiger partial charge on any atom is 0.490 e. The van der Waals surface area contributed by atoms with Gasteiger partial charge >= 0.3 is 30.4 Å². The van der Waals surface area contributed by atoms with Crippen LogP contribution in [0.2, 0.25) is 0 Å². The third-order valence-corrected chi connectivity index (χ3v) is 12.6. The molecule has 0 spiro atoms. The molecule has 23 heteroatoms. The number of aliphatic hydroxyl groups is 1. The first-order valence-electron chi connectivity index (χ1n) is 24.7. The first-order valence-corrected chi connectivity index (χ1v) is 24.7. The van der Waals surface area contributed by atoms with Gasteiger partial charge in [0.1, 0.15) is 11.9 Å². The van der Waals surface area contributed by atoms with Crippen molar-refractivity contribution < 1.29 is 75.5 Å². The fourth-order valence-corrected chi connectivity index (χ4v) is 8.28. The van der Waals surface area contributed by atoms with Gasteiger partial charge in [0.05, 0.1) is 23.7 Å². The number of fused-ring (bicyclic) bond motifs is 1. The van der Waals surface area contributed by atoms with Crippen molar-refractivity contribution in [1.82, 2.24) is 20.5 Å². The van der Waals surface area contributed by atoms with E-state index in [2.05, 4.69) is 38.8 Å². The molecule has 1 saturated heterocycles. The predicted molar refractivity (Wildman–Crippen MR) is 282 cm³/mol. The number of para-hydroxylation sites is 1. The number of amides is 3. The monoisotopic (exact) mass is 1110 g/mol. The predicted octanol–water partition coefficient (Wildman–Crippen LogP) is 8.65. The minimum absolute atomic E-state index is 0.00654. The number of nitrogens with zero attached hydrogens (tertiary/aromatic N) is 2. The largest absolute Gasteiger partial charge is 0.506 e. The molecule has 2 atom stereocenters. The van der Waals surface area contributed by atoms with Gasteiger partial charge in [-0.2, -0.15) is 26.3 Å². The van der Waals surface area contributed by atoms with Gasteiger partial charge in [-0.05, 0) is 96.8 Å². The van der Waals surface area contributed by atoms with E-state index in [4.69, 9.17) is 24.5 Å². The lowest BCUT2D eigenvalue weighted by molar-refractivity contribution is -0.193. The molecule has 3 amide bonds. The summed E-state index contributed by atoms with van der Waals surface area (Å²) in [5, 5.41) is 45.4. The molecule has 0 saturated carbocycles. The number of aliphatic carboxylic acids is 2. The topological polar surface area (TPSA) is 251 Å². The van der Waals surface area contributed by atoms with Gasteiger partial charge in [0.25, 0.3) is 0 Å². The van der Waals surface area contributed by atoms with Crippen LogP contribution in [-0.2, 0) is 43.3 Å². The number of likely N-dealkylation sites (tertiary alicyclic amines) is 1. The molecule has 1 fully saturated rings. The van der Waals surface area contributed by atoms with Crippen LogP contribution in [0, 0.1) is 6.92 Å². The Kier molecular flexibility index (Phi) is 22.1. The SMILES string of the molecule is Cc1ccc(CNC(=O)Cc2ccc(N(C)C(=O)CCN3CCC(OC(=O)Nc4ccccc4-c4ccccc4)CC3)cc2)cc1CC(C)NC[C@H](O)c1ccc(O)c2[nH]c(=O)ccc12.O=C(O)C(F)(F)F.O=C(O)C(F)(F)F. The summed E-state index contributed by atoms with van der Waals surface area (Å²) < 4.78 is 69.3. The smallest absolute Gasteiger partial charge is 0.490 e. The molecule has 422 valence electrons. The van der Waals surface area contributed by atoms with Crippen molar-refractivity contribution in [2.24, 2.45) is 0 Å². The standard InChI is InChI=1S/C52H58N6O7.2C2HF3O2/c1-34-13-14-37(30-39(34)29-35(2)53-33-47(60)43-19-21-46(59)51-44(43)20-22-48(61)56-51)32-54-49(62)31-36-15-17-40(18-16-36)57(3)50(63)25-28-58-26-23-41(24-27-58)65-52(64)55-45-12-8-7-11-42(45)38-9-5-4-6-10-38;2*3-2(4,5)1(6)7/h4-22,30,35,41,47,53,59-60H,23-29,31-33H2,1-3H3,(H,54,62)(H,55,64)(H,56,61);2*(H,6,7)/t35?,47-;;/m0../s1. The number of ether oxygens (including phenoxy) is 1. The van der Waals surface area contributed by atoms with E-state index >= 15 is 0 Å². The minimum atomic E-state index is -5.08. The maximum absolute atomic E-state index is 13.2. The molecule has 5 aromatic carbocycles. The highest BCUT2D eigenvalue weighted by atomic mass is 19.4. The van der Waals surface area contributed by atoms with E-state index in [1.165, 1.54) is 12.1 Å². The van der Waals surface area contributed by atoms with Crippen molar-refractivity contribution in [3.05, 3.63) is 159 Å². The van der Waals surface area contributed by atoms with Crippen LogP contribution < -0.4 is 26.4 Å². The first kappa shape index (κ1) is 61.6. The number of anilines is 2. The molecule has 17 nitrogen and oxygen atoms in total. The number of aromatic amines is 1. The van der Waals surface area contributed by atoms with Crippen molar-refractivity contribution in [3.8, 4) is 16.9 Å². The number of halogens is 6. The van der Waals surface area contributed by atoms with Gasteiger partial charge in [-0.1, -0.05) is 84.9 Å². The second-order valence-electron chi connectivity index (χ2n) is 18.5. The number of carboxylic acid groups (broad SMARTS) is 2. The molecule has 1 aromatic heterocycles. The number of hydrogen-bond acceptors (Lipinski definition) is 11. The van der Waals surface area contributed by atoms with Crippen LogP contribution in [0.15, 0.2) is 126 Å². The van der Waals surface area contributed by atoms with Gasteiger partial charge in [-0.25, -0.2) is 14.4 Å². The lowest BCUT2D eigenvalue weighted by atomic mass is 9.98. The van der Waals surface area contributed by atoms with E-state index in [-0.39, 0.29) is 48.2 Å². The Hall–Kier alpha value is -8.28. The molecule has 0 bridgehead atoms. The summed E-state index contributed by atoms with van der Waals surface area (Å²) in [5.74, 6) is -5.68. The quantitative estimate of drug-likeness (QED) is 0.0399. The van der Waals surface area contributed by atoms with Crippen LogP contribution >= 0.6 is 0 Å². The van der Waals surface area contributed by atoms with E-state index in [1.807, 2.05) is 97.9 Å². The van der Waals surface area contributed by atoms with Crippen molar-refractivity contribution in [1.29, 1.82) is 0 Å². The molecule has 8 N–H and O–H groups in total. The third-order valence-electron chi connectivity index (χ3n) is 12.6. The Morgan fingerprint density at radius 1 is 0.810 bits per heavy atom. The molecule has 7 rings (SSSR count). The number of aryl methyl sites for hydroxylation is 1. The molecule has 79 heavy (non-hydrogen) atoms. The zero-order chi connectivity index (χ0) is 58.0. The summed E-state index contributed by atoms with van der Waals surface area (Å²) in [5.41, 5.74) is 8.04. The second kappa shape index (κ2) is 28.4. The molecular formula is C56H60F6N6O11. The highest BCUT2D eigenvalue weighted by Crippen LogP contribution is 2.30. The summed E-state index contributed by atoms with van der Waals surface area (Å²) in [6, 6.07) is 37.3. The number of aromatic nitrogens is 1. The first-order chi connectivity index (χ1) is 37.3. The number of phenolic OH excluding ortho intramolecular Hbond substituents is 1. The van der Waals surface area contributed by atoms with Gasteiger partial charge in [0.2, 0.25) is 17.4 Å². The molecule has 0 radical (unpaired) electrons. The molecule has 1 aliphatic heterocycles. The van der Waals surface area contributed by atoms with Gasteiger partial charge < -0.3 is 50.6 Å². The number of aromatic hydroxyl groups is 1. The van der Waals surface area contributed by atoms with Crippen LogP contribution in [0.1, 0.15) is 60.1 Å². The normalized spacial score (nSPS) is 13.6. The number of nitrogens with one attached hydrogen (secondary N) is 4. The van der Waals surface area contributed by atoms with Crippen molar-refractivity contribution in [2.75, 3.05) is 43.4 Å². The number of carboxylic acids is 2. The summed E-state index contributed by atoms with van der Waals surface area (Å²) >= 11 is 0. The molecular weight excluding hydrogens is 1050 g/mol. The summed E-state index contributed by atoms with van der Waals surface area (Å²) in [6.07, 6.45) is -9.05. The Labute approximate surface area is 449 Å². The van der Waals surface area contributed by atoms with E-state index in [0.29, 0.717) is 60.9 Å². The van der Waals surface area contributed by atoms with Gasteiger partial charge in [0, 0.05) is 74.9 Å². The lowest BCUT2D eigenvalue weighted by Crippen LogP contribution is -2.40. The zero-order valence-electron chi connectivity index (χ0n) is 43.2. The van der Waals surface area contributed by atoms with Gasteiger partial charge in [0.15, 0.2) is 0 Å². The summed E-state index contributed by atoms with van der Waals surface area (Å²) in [6.45, 7) is 6.82. The fourth-order valence-electron chi connectivity index (χ4n) is 8.28. The number of H-pyrrole nitrogens is 1. The number of phenols is 1. The number of alkyl halides is 6. The number of carbonyl (C=O) groups excluding carboxylic acids is 3. The van der Waals surface area contributed by atoms with E-state index in [0.717, 1.165) is 52.2 Å². The number of hydrogen-bond donors (Lipinski definition) is 8. The van der Waals surface area contributed by atoms with Crippen LogP contribution in [0.3, 0.4) is 0 Å². The zero-order valence-corrected chi connectivity index (χ0v) is 43.2. The number of piperidine rings is 1. The van der Waals surface area contributed by atoms with Gasteiger partial charge in [-0.3, -0.25) is 19.7 Å². The number of benzene rings is 5. The third kappa shape index (κ3) is 19.3. The number of pyridine rings is 1. The highest BCUT2D eigenvalue weighted by molar-refractivity contribution is 5.93. The van der Waals surface area contributed by atoms with Crippen LogP contribution in [0.25, 0.3) is 22.0 Å². The summed E-state index contributed by atoms with van der Waals surface area (Å²) in [4.78, 5) is 75.1. The second-order valence-corrected chi connectivity index (χ2v) is 18.5. The number of carbonyl (C=O) groups is 5. The Morgan fingerprint density at radius 3 is 2.05 bits per heavy atom. The van der Waals surface area contributed by atoms with E-state index < -0.39 is 36.5 Å². The molecule has 1 unspecified atom stereocenters. The highest BCUT2D eigenvalue weighted by Gasteiger charge is 2.39. The van der Waals surface area contributed by atoms with Crippen LogP contribution in [0.4, 0.5) is 42.5 Å². The molecule has 2 heterocycles. The number of aliphatic hydroxyl groups excluding tert-OH is 1. The average Bonchev–Trinajstić information content (AvgIpc) is 3.41. The number of rotatable bonds is 17. The average molecular weight is 1110 g/mol. The molecule has 0 aliphatic carbocycles. The van der Waals surface area contributed by atoms with E-state index in [1.54, 1.807) is 24.1 Å². The molecule has 1 aliphatic rings. The van der Waals surface area contributed by atoms with Crippen molar-refractivity contribution in [3.63, 3.8) is 0 Å². The van der Waals surface area contributed by atoms with E-state index in [9.17, 15) is 55.7 Å². The van der Waals surface area contributed by atoms with Crippen LogP contribution in [-0.4, -0.2) is 118 Å². The van der Waals surface area contributed by atoms with Crippen molar-refractivity contribution >= 4 is 52.1 Å². The fraction of sp³-hybridized carbons (Fsp3) is 0.321. The van der Waals surface area contributed by atoms with Crippen LogP contribution in [0.5, 0.6) is 5.75 Å².